The van der Waals surface area contributed by atoms with Crippen LogP contribution in [0.15, 0.2) is 52.7 Å². The van der Waals surface area contributed by atoms with Crippen molar-refractivity contribution >= 4 is 35.1 Å². The highest BCUT2D eigenvalue weighted by Gasteiger charge is 2.25. The van der Waals surface area contributed by atoms with Crippen molar-refractivity contribution in [3.8, 4) is 5.75 Å². The molecule has 0 spiro atoms. The summed E-state index contributed by atoms with van der Waals surface area (Å²) < 4.78 is 0. The lowest BCUT2D eigenvalue weighted by Gasteiger charge is -1.97. The van der Waals surface area contributed by atoms with Crippen LogP contribution in [-0.2, 0) is 4.79 Å². The Balaban J connectivity index is 1.91. The number of hydrogen-bond donors (Lipinski definition) is 2. The zero-order chi connectivity index (χ0) is 14.8. The van der Waals surface area contributed by atoms with E-state index in [0.717, 1.165) is 0 Å². The molecule has 6 heteroatoms. The minimum absolute atomic E-state index is 0.0413. The summed E-state index contributed by atoms with van der Waals surface area (Å²) >= 11 is 5.84. The second-order valence-electron chi connectivity index (χ2n) is 4.40. The van der Waals surface area contributed by atoms with Gasteiger partial charge in [-0.05, 0) is 24.3 Å². The van der Waals surface area contributed by atoms with Crippen LogP contribution >= 0.6 is 11.6 Å². The Labute approximate surface area is 125 Å². The number of carbonyl (C=O) groups excluding carboxylic acids is 1. The number of hydrogen-bond acceptors (Lipinski definition) is 4. The molecule has 0 radical (unpaired) electrons. The minimum atomic E-state index is -0.302. The Kier molecular flexibility index (Phi) is 3.41. The number of anilines is 1. The van der Waals surface area contributed by atoms with E-state index in [1.807, 2.05) is 12.1 Å². The lowest BCUT2D eigenvalue weighted by Crippen LogP contribution is -2.13. The molecule has 0 aromatic heterocycles. The molecule has 0 fully saturated rings. The van der Waals surface area contributed by atoms with Crippen molar-refractivity contribution in [2.75, 3.05) is 5.32 Å². The minimum Gasteiger partial charge on any atom is -0.507 e. The van der Waals surface area contributed by atoms with E-state index in [1.165, 1.54) is 12.3 Å². The number of amides is 1. The predicted molar refractivity (Wildman–Crippen MR) is 82.3 cm³/mol. The van der Waals surface area contributed by atoms with Crippen molar-refractivity contribution < 1.29 is 9.90 Å². The molecule has 2 aromatic carbocycles. The van der Waals surface area contributed by atoms with E-state index >= 15 is 0 Å². The molecule has 0 bridgehead atoms. The topological polar surface area (TPSA) is 74.0 Å². The van der Waals surface area contributed by atoms with Crippen LogP contribution in [0.25, 0.3) is 0 Å². The van der Waals surface area contributed by atoms with Crippen LogP contribution in [-0.4, -0.2) is 22.9 Å². The van der Waals surface area contributed by atoms with Gasteiger partial charge < -0.3 is 10.4 Å². The molecule has 1 aliphatic heterocycles. The third-order valence-electron chi connectivity index (χ3n) is 2.99. The van der Waals surface area contributed by atoms with Gasteiger partial charge in [0.1, 0.15) is 5.75 Å². The third kappa shape index (κ3) is 2.64. The largest absolute Gasteiger partial charge is 0.507 e. The summed E-state index contributed by atoms with van der Waals surface area (Å²) in [5, 5.41) is 20.6. The maximum Gasteiger partial charge on any atom is 0.276 e. The number of para-hydroxylation sites is 1. The molecule has 0 unspecified atom stereocenters. The smallest absolute Gasteiger partial charge is 0.276 e. The number of nitrogens with zero attached hydrogens (tertiary/aromatic N) is 2. The first-order valence-corrected chi connectivity index (χ1v) is 6.53. The number of carbonyl (C=O) groups is 1. The fourth-order valence-corrected chi connectivity index (χ4v) is 2.16. The van der Waals surface area contributed by atoms with E-state index in [0.29, 0.717) is 21.8 Å². The van der Waals surface area contributed by atoms with Crippen molar-refractivity contribution in [1.82, 2.24) is 0 Å². The highest BCUT2D eigenvalue weighted by Crippen LogP contribution is 2.23. The predicted octanol–water partition coefficient (Wildman–Crippen LogP) is 2.82. The molecule has 1 heterocycles. The lowest BCUT2D eigenvalue weighted by molar-refractivity contribution is -0.110. The maximum absolute atomic E-state index is 11.8. The first-order valence-electron chi connectivity index (χ1n) is 6.15. The van der Waals surface area contributed by atoms with Gasteiger partial charge in [-0.3, -0.25) is 4.79 Å². The Bertz CT molecular complexity index is 784. The normalized spacial score (nSPS) is 15.5. The second-order valence-corrected chi connectivity index (χ2v) is 4.83. The summed E-state index contributed by atoms with van der Waals surface area (Å²) in [6.45, 7) is 0. The average molecular weight is 300 g/mol. The SMILES string of the molecule is O=C1Nc2ccccc2/C1=N\N=C/c1cc(Cl)ccc1O. The van der Waals surface area contributed by atoms with Crippen molar-refractivity contribution in [2.24, 2.45) is 10.2 Å². The highest BCUT2D eigenvalue weighted by atomic mass is 35.5. The van der Waals surface area contributed by atoms with E-state index < -0.39 is 0 Å². The molecule has 0 atom stereocenters. The number of benzene rings is 2. The zero-order valence-electron chi connectivity index (χ0n) is 10.7. The number of fused-ring (bicyclic) bond motifs is 1. The first kappa shape index (κ1) is 13.3. The van der Waals surface area contributed by atoms with Crippen molar-refractivity contribution in [3.63, 3.8) is 0 Å². The van der Waals surface area contributed by atoms with E-state index in [4.69, 9.17) is 11.6 Å². The van der Waals surface area contributed by atoms with Crippen LogP contribution in [0.4, 0.5) is 5.69 Å². The van der Waals surface area contributed by atoms with Crippen LogP contribution in [0.3, 0.4) is 0 Å². The van der Waals surface area contributed by atoms with Crippen LogP contribution in [0.1, 0.15) is 11.1 Å². The maximum atomic E-state index is 11.8. The van der Waals surface area contributed by atoms with Gasteiger partial charge >= 0.3 is 0 Å². The van der Waals surface area contributed by atoms with Crippen molar-refractivity contribution in [2.45, 2.75) is 0 Å². The number of halogens is 1. The van der Waals surface area contributed by atoms with Gasteiger partial charge in [-0.2, -0.15) is 5.10 Å². The Hall–Kier alpha value is -2.66. The second kappa shape index (κ2) is 5.38. The van der Waals surface area contributed by atoms with Gasteiger partial charge in [0.25, 0.3) is 5.91 Å². The Morgan fingerprint density at radius 3 is 2.86 bits per heavy atom. The van der Waals surface area contributed by atoms with Crippen LogP contribution in [0.5, 0.6) is 5.75 Å². The third-order valence-corrected chi connectivity index (χ3v) is 3.22. The quantitative estimate of drug-likeness (QED) is 0.661. The van der Waals surface area contributed by atoms with Gasteiger partial charge in [0.2, 0.25) is 0 Å². The summed E-state index contributed by atoms with van der Waals surface area (Å²) in [6, 6.07) is 11.8. The summed E-state index contributed by atoms with van der Waals surface area (Å²) in [5.41, 5.74) is 2.08. The summed E-state index contributed by atoms with van der Waals surface area (Å²) in [6.07, 6.45) is 1.35. The highest BCUT2D eigenvalue weighted by molar-refractivity contribution is 6.53. The van der Waals surface area contributed by atoms with Gasteiger partial charge in [0.15, 0.2) is 5.71 Å². The van der Waals surface area contributed by atoms with Gasteiger partial charge in [-0.1, -0.05) is 29.8 Å². The van der Waals surface area contributed by atoms with Gasteiger partial charge in [0.05, 0.1) is 11.9 Å². The molecule has 0 saturated heterocycles. The zero-order valence-corrected chi connectivity index (χ0v) is 11.5. The summed E-state index contributed by atoms with van der Waals surface area (Å²) in [5.74, 6) is -0.261. The van der Waals surface area contributed by atoms with E-state index in [-0.39, 0.29) is 17.4 Å². The molecule has 2 N–H and O–H groups in total. The average Bonchev–Trinajstić information content (AvgIpc) is 2.79. The number of aromatic hydroxyl groups is 1. The fraction of sp³-hybridized carbons (Fsp3) is 0. The number of nitrogens with one attached hydrogen (secondary N) is 1. The lowest BCUT2D eigenvalue weighted by atomic mass is 10.1. The number of phenols is 1. The van der Waals surface area contributed by atoms with Gasteiger partial charge in [0, 0.05) is 16.1 Å². The van der Waals surface area contributed by atoms with E-state index in [1.54, 1.807) is 24.3 Å². The molecule has 3 rings (SSSR count). The van der Waals surface area contributed by atoms with Crippen LogP contribution in [0, 0.1) is 0 Å². The summed E-state index contributed by atoms with van der Waals surface area (Å²) in [4.78, 5) is 11.8. The number of rotatable bonds is 2. The molecule has 2 aromatic rings. The molecule has 21 heavy (non-hydrogen) atoms. The monoisotopic (exact) mass is 299 g/mol. The van der Waals surface area contributed by atoms with E-state index in [2.05, 4.69) is 15.5 Å². The standard InChI is InChI=1S/C15H10ClN3O2/c16-10-5-6-13(20)9(7-10)8-17-19-14-11-3-1-2-4-12(11)18-15(14)21/h1-8,20H,(H,18,19,21)/b17-8-. The summed E-state index contributed by atoms with van der Waals surface area (Å²) in [7, 11) is 0. The van der Waals surface area contributed by atoms with Crippen LogP contribution < -0.4 is 5.32 Å². The van der Waals surface area contributed by atoms with Crippen LogP contribution in [0.2, 0.25) is 5.02 Å². The molecule has 0 saturated carbocycles. The molecular formula is C15H10ClN3O2. The van der Waals surface area contributed by atoms with E-state index in [9.17, 15) is 9.90 Å². The van der Waals surface area contributed by atoms with Crippen molar-refractivity contribution in [1.29, 1.82) is 0 Å². The Morgan fingerprint density at radius 2 is 2.00 bits per heavy atom. The molecule has 5 nitrogen and oxygen atoms in total. The van der Waals surface area contributed by atoms with Gasteiger partial charge in [-0.15, -0.1) is 5.10 Å². The first-order chi connectivity index (χ1) is 10.1. The molecule has 1 amide bonds. The number of phenolic OH excluding ortho intramolecular Hbond substituents is 1. The molecular weight excluding hydrogens is 290 g/mol. The molecule has 0 aliphatic carbocycles. The molecule has 1 aliphatic rings. The van der Waals surface area contributed by atoms with Crippen molar-refractivity contribution in [3.05, 3.63) is 58.6 Å². The van der Waals surface area contributed by atoms with Gasteiger partial charge in [-0.25, -0.2) is 0 Å². The Morgan fingerprint density at radius 1 is 1.19 bits per heavy atom. The molecule has 104 valence electrons. The fourth-order valence-electron chi connectivity index (χ4n) is 1.98.